The summed E-state index contributed by atoms with van der Waals surface area (Å²) in [5.41, 5.74) is 5.87. The zero-order valence-corrected chi connectivity index (χ0v) is 16.5. The van der Waals surface area contributed by atoms with Gasteiger partial charge in [0, 0.05) is 15.7 Å². The van der Waals surface area contributed by atoms with Crippen LogP contribution in [0.25, 0.3) is 10.1 Å². The molecule has 1 heterocycles. The van der Waals surface area contributed by atoms with E-state index in [-0.39, 0.29) is 11.4 Å². The van der Waals surface area contributed by atoms with Crippen LogP contribution in [-0.4, -0.2) is 20.9 Å². The Kier molecular flexibility index (Phi) is 4.86. The van der Waals surface area contributed by atoms with Crippen LogP contribution in [0.1, 0.15) is 16.6 Å². The smallest absolute Gasteiger partial charge is 0.264 e. The molecular formula is C17H15BrN2O3S2. The average Bonchev–Trinajstić information content (AvgIpc) is 2.99. The van der Waals surface area contributed by atoms with Crippen molar-refractivity contribution in [2.75, 3.05) is 10.8 Å². The highest BCUT2D eigenvalue weighted by atomic mass is 79.9. The van der Waals surface area contributed by atoms with E-state index in [1.54, 1.807) is 49.4 Å². The minimum Gasteiger partial charge on any atom is -0.365 e. The summed E-state index contributed by atoms with van der Waals surface area (Å²) in [6.07, 6.45) is 0. The molecule has 0 saturated heterocycles. The van der Waals surface area contributed by atoms with E-state index in [9.17, 15) is 13.2 Å². The zero-order valence-electron chi connectivity index (χ0n) is 13.3. The molecule has 5 nitrogen and oxygen atoms in total. The van der Waals surface area contributed by atoms with Gasteiger partial charge in [-0.15, -0.1) is 11.3 Å². The normalized spacial score (nSPS) is 11.6. The third-order valence-electron chi connectivity index (χ3n) is 3.72. The number of fused-ring (bicyclic) bond motifs is 1. The molecule has 1 aromatic heterocycles. The van der Waals surface area contributed by atoms with E-state index in [1.807, 2.05) is 6.07 Å². The first-order chi connectivity index (χ1) is 11.8. The minimum absolute atomic E-state index is 0.223. The molecule has 0 aliphatic carbocycles. The van der Waals surface area contributed by atoms with Gasteiger partial charge in [0.15, 0.2) is 0 Å². The summed E-state index contributed by atoms with van der Waals surface area (Å²) in [6, 6.07) is 13.5. The summed E-state index contributed by atoms with van der Waals surface area (Å²) in [7, 11) is -3.67. The SMILES string of the molecule is CCN(c1ccc2sc(C(N)=O)cc2c1)S(=O)(=O)c1ccc(Br)cc1. The molecule has 0 atom stereocenters. The Labute approximate surface area is 158 Å². The summed E-state index contributed by atoms with van der Waals surface area (Å²) in [5.74, 6) is -0.488. The van der Waals surface area contributed by atoms with E-state index in [4.69, 9.17) is 5.73 Å². The highest BCUT2D eigenvalue weighted by Gasteiger charge is 2.24. The number of rotatable bonds is 5. The topological polar surface area (TPSA) is 80.5 Å². The second-order valence-electron chi connectivity index (χ2n) is 5.32. The third-order valence-corrected chi connectivity index (χ3v) is 7.30. The second-order valence-corrected chi connectivity index (χ2v) is 9.18. The summed E-state index contributed by atoms with van der Waals surface area (Å²) in [5, 5.41) is 0.792. The molecule has 3 aromatic rings. The Morgan fingerprint density at radius 1 is 1.16 bits per heavy atom. The molecule has 1 amide bonds. The van der Waals surface area contributed by atoms with Crippen LogP contribution in [0, 0.1) is 0 Å². The molecule has 2 N–H and O–H groups in total. The first kappa shape index (κ1) is 17.9. The fourth-order valence-corrected chi connectivity index (χ4v) is 5.16. The second kappa shape index (κ2) is 6.78. The molecule has 0 bridgehead atoms. The van der Waals surface area contributed by atoms with Crippen molar-refractivity contribution in [2.45, 2.75) is 11.8 Å². The van der Waals surface area contributed by atoms with Gasteiger partial charge in [-0.2, -0.15) is 0 Å². The van der Waals surface area contributed by atoms with Gasteiger partial charge in [0.05, 0.1) is 15.5 Å². The molecule has 0 saturated carbocycles. The summed E-state index contributed by atoms with van der Waals surface area (Å²) in [4.78, 5) is 12.0. The molecule has 8 heteroatoms. The predicted octanol–water partition coefficient (Wildman–Crippen LogP) is 3.98. The molecule has 0 radical (unpaired) electrons. The maximum Gasteiger partial charge on any atom is 0.264 e. The van der Waals surface area contributed by atoms with E-state index in [0.29, 0.717) is 10.6 Å². The predicted molar refractivity (Wildman–Crippen MR) is 105 cm³/mol. The number of benzene rings is 2. The van der Waals surface area contributed by atoms with Gasteiger partial charge in [-0.3, -0.25) is 9.10 Å². The number of thiophene rings is 1. The van der Waals surface area contributed by atoms with Crippen molar-refractivity contribution in [3.8, 4) is 0 Å². The van der Waals surface area contributed by atoms with Crippen LogP contribution in [0.3, 0.4) is 0 Å². The largest absolute Gasteiger partial charge is 0.365 e. The first-order valence-corrected chi connectivity index (χ1v) is 10.5. The van der Waals surface area contributed by atoms with Gasteiger partial charge >= 0.3 is 0 Å². The first-order valence-electron chi connectivity index (χ1n) is 7.44. The lowest BCUT2D eigenvalue weighted by atomic mass is 10.2. The monoisotopic (exact) mass is 438 g/mol. The molecular weight excluding hydrogens is 424 g/mol. The molecule has 2 aromatic carbocycles. The van der Waals surface area contributed by atoms with Crippen molar-refractivity contribution in [1.29, 1.82) is 0 Å². The van der Waals surface area contributed by atoms with E-state index in [0.717, 1.165) is 14.6 Å². The Hall–Kier alpha value is -1.90. The number of hydrogen-bond donors (Lipinski definition) is 1. The molecule has 0 spiro atoms. The van der Waals surface area contributed by atoms with E-state index < -0.39 is 15.9 Å². The van der Waals surface area contributed by atoms with E-state index in [1.165, 1.54) is 15.6 Å². The third kappa shape index (κ3) is 3.42. The van der Waals surface area contributed by atoms with Crippen LogP contribution in [-0.2, 0) is 10.0 Å². The quantitative estimate of drug-likeness (QED) is 0.653. The Bertz CT molecular complexity index is 1040. The number of carbonyl (C=O) groups is 1. The fraction of sp³-hybridized carbons (Fsp3) is 0.118. The zero-order chi connectivity index (χ0) is 18.2. The number of sulfonamides is 1. The maximum atomic E-state index is 13.0. The minimum atomic E-state index is -3.67. The summed E-state index contributed by atoms with van der Waals surface area (Å²) in [6.45, 7) is 2.07. The standard InChI is InChI=1S/C17H15BrN2O3S2/c1-2-20(25(22,23)14-6-3-12(18)4-7-14)13-5-8-15-11(9-13)10-16(24-15)17(19)21/h3-10H,2H2,1H3,(H2,19,21). The number of carbonyl (C=O) groups excluding carboxylic acids is 1. The van der Waals surface area contributed by atoms with Gasteiger partial charge < -0.3 is 5.73 Å². The molecule has 0 unspecified atom stereocenters. The average molecular weight is 439 g/mol. The van der Waals surface area contributed by atoms with Crippen LogP contribution in [0.15, 0.2) is 57.9 Å². The number of nitrogens with two attached hydrogens (primary N) is 1. The van der Waals surface area contributed by atoms with Crippen molar-refractivity contribution in [2.24, 2.45) is 5.73 Å². The maximum absolute atomic E-state index is 13.0. The van der Waals surface area contributed by atoms with Gasteiger partial charge in [-0.05, 0) is 60.8 Å². The van der Waals surface area contributed by atoms with Gasteiger partial charge in [0.2, 0.25) is 0 Å². The lowest BCUT2D eigenvalue weighted by molar-refractivity contribution is 0.100. The van der Waals surface area contributed by atoms with E-state index in [2.05, 4.69) is 15.9 Å². The fourth-order valence-electron chi connectivity index (χ4n) is 2.53. The lowest BCUT2D eigenvalue weighted by Gasteiger charge is -2.23. The number of halogens is 1. The number of hydrogen-bond acceptors (Lipinski definition) is 4. The van der Waals surface area contributed by atoms with Crippen molar-refractivity contribution in [3.63, 3.8) is 0 Å². The molecule has 3 rings (SSSR count). The summed E-state index contributed by atoms with van der Waals surface area (Å²) >= 11 is 4.60. The van der Waals surface area contributed by atoms with Gasteiger partial charge in [0.1, 0.15) is 0 Å². The van der Waals surface area contributed by atoms with Crippen LogP contribution in [0.5, 0.6) is 0 Å². The van der Waals surface area contributed by atoms with Crippen LogP contribution < -0.4 is 10.0 Å². The number of nitrogens with zero attached hydrogens (tertiary/aromatic N) is 1. The molecule has 130 valence electrons. The number of anilines is 1. The van der Waals surface area contributed by atoms with Gasteiger partial charge in [-0.1, -0.05) is 15.9 Å². The van der Waals surface area contributed by atoms with Crippen LogP contribution in [0.2, 0.25) is 0 Å². The highest BCUT2D eigenvalue weighted by molar-refractivity contribution is 9.10. The van der Waals surface area contributed by atoms with Crippen molar-refractivity contribution >= 4 is 59.0 Å². The number of amides is 1. The van der Waals surface area contributed by atoms with E-state index >= 15 is 0 Å². The van der Waals surface area contributed by atoms with Crippen molar-refractivity contribution in [3.05, 3.63) is 57.9 Å². The summed E-state index contributed by atoms with van der Waals surface area (Å²) < 4.78 is 29.0. The molecule has 0 fully saturated rings. The lowest BCUT2D eigenvalue weighted by Crippen LogP contribution is -2.30. The van der Waals surface area contributed by atoms with Crippen LogP contribution >= 0.6 is 27.3 Å². The Balaban J connectivity index is 2.06. The van der Waals surface area contributed by atoms with Gasteiger partial charge in [0.25, 0.3) is 15.9 Å². The molecule has 0 aliphatic rings. The van der Waals surface area contributed by atoms with Crippen molar-refractivity contribution < 1.29 is 13.2 Å². The molecule has 0 aliphatic heterocycles. The number of primary amides is 1. The highest BCUT2D eigenvalue weighted by Crippen LogP contribution is 2.31. The molecule has 25 heavy (non-hydrogen) atoms. The van der Waals surface area contributed by atoms with Gasteiger partial charge in [-0.25, -0.2) is 8.42 Å². The van der Waals surface area contributed by atoms with Crippen molar-refractivity contribution in [1.82, 2.24) is 0 Å². The van der Waals surface area contributed by atoms with Crippen LogP contribution in [0.4, 0.5) is 5.69 Å². The Morgan fingerprint density at radius 2 is 1.84 bits per heavy atom. The Morgan fingerprint density at radius 3 is 2.44 bits per heavy atom.